The summed E-state index contributed by atoms with van der Waals surface area (Å²) in [5, 5.41) is 12.1. The zero-order valence-corrected chi connectivity index (χ0v) is 15.3. The first-order valence-electron chi connectivity index (χ1n) is 7.95. The predicted octanol–water partition coefficient (Wildman–Crippen LogP) is 4.14. The van der Waals surface area contributed by atoms with E-state index in [0.717, 1.165) is 11.1 Å². The van der Waals surface area contributed by atoms with E-state index in [1.54, 1.807) is 30.3 Å². The van der Waals surface area contributed by atoms with E-state index in [2.05, 4.69) is 5.32 Å². The molecule has 0 aromatic heterocycles. The number of carbonyl (C=O) groups is 1. The van der Waals surface area contributed by atoms with E-state index in [9.17, 15) is 4.79 Å². The molecule has 0 heterocycles. The molecule has 134 valence electrons. The lowest BCUT2D eigenvalue weighted by Crippen LogP contribution is -2.24. The lowest BCUT2D eigenvalue weighted by Gasteiger charge is -2.13. The van der Waals surface area contributed by atoms with Gasteiger partial charge in [0.2, 0.25) is 5.91 Å². The third kappa shape index (κ3) is 5.54. The molecule has 26 heavy (non-hydrogen) atoms. The van der Waals surface area contributed by atoms with E-state index >= 15 is 0 Å². The van der Waals surface area contributed by atoms with Crippen molar-refractivity contribution in [2.24, 2.45) is 0 Å². The number of halogens is 1. The van der Waals surface area contributed by atoms with Crippen LogP contribution >= 0.6 is 11.6 Å². The number of methoxy groups -OCH3 is 1. The van der Waals surface area contributed by atoms with Gasteiger partial charge in [-0.1, -0.05) is 29.8 Å². The average Bonchev–Trinajstić information content (AvgIpc) is 2.64. The Bertz CT molecular complexity index is 843. The minimum Gasteiger partial charge on any atom is -0.493 e. The highest BCUT2D eigenvalue weighted by molar-refractivity contribution is 6.30. The molecular weight excluding hydrogens is 352 g/mol. The van der Waals surface area contributed by atoms with Crippen LogP contribution in [-0.2, 0) is 4.79 Å². The van der Waals surface area contributed by atoms with E-state index in [0.29, 0.717) is 16.5 Å². The van der Waals surface area contributed by atoms with Gasteiger partial charge < -0.3 is 14.8 Å². The minimum atomic E-state index is -0.221. The Kier molecular flexibility index (Phi) is 7.07. The van der Waals surface area contributed by atoms with Crippen LogP contribution in [0.25, 0.3) is 6.08 Å². The van der Waals surface area contributed by atoms with Crippen molar-refractivity contribution in [3.8, 4) is 17.6 Å². The number of benzene rings is 2. The van der Waals surface area contributed by atoms with Crippen molar-refractivity contribution in [2.75, 3.05) is 13.7 Å². The molecular formula is C20H19ClN2O3. The van der Waals surface area contributed by atoms with Crippen molar-refractivity contribution in [3.05, 3.63) is 64.7 Å². The lowest BCUT2D eigenvalue weighted by atomic mass is 10.1. The number of hydrogen-bond donors (Lipinski definition) is 1. The Labute approximate surface area is 157 Å². The van der Waals surface area contributed by atoms with Crippen LogP contribution in [0.1, 0.15) is 24.1 Å². The fraction of sp³-hybridized carbons (Fsp3) is 0.200. The largest absolute Gasteiger partial charge is 0.493 e. The molecule has 1 amide bonds. The van der Waals surface area contributed by atoms with Gasteiger partial charge in [-0.15, -0.1) is 0 Å². The van der Waals surface area contributed by atoms with Crippen LogP contribution in [0.15, 0.2) is 48.5 Å². The van der Waals surface area contributed by atoms with Crippen molar-refractivity contribution < 1.29 is 14.3 Å². The lowest BCUT2D eigenvalue weighted by molar-refractivity contribution is -0.117. The standard InChI is InChI=1S/C20H19ClN2O3/c1-14(16-4-3-5-17(21)13-16)23-20(24)9-7-15-6-8-18(26-11-10-22)19(12-15)25-2/h3-9,12-14H,11H2,1-2H3,(H,23,24). The molecule has 0 fully saturated rings. The van der Waals surface area contributed by atoms with Crippen LogP contribution in [0.4, 0.5) is 0 Å². The number of hydrogen-bond acceptors (Lipinski definition) is 4. The number of carbonyl (C=O) groups excluding carboxylic acids is 1. The Hall–Kier alpha value is -2.97. The molecule has 0 aliphatic rings. The van der Waals surface area contributed by atoms with Gasteiger partial charge in [-0.25, -0.2) is 0 Å². The smallest absolute Gasteiger partial charge is 0.244 e. The number of amides is 1. The van der Waals surface area contributed by atoms with E-state index in [1.165, 1.54) is 13.2 Å². The van der Waals surface area contributed by atoms with E-state index in [4.69, 9.17) is 26.3 Å². The van der Waals surface area contributed by atoms with Gasteiger partial charge in [-0.05, 0) is 48.4 Å². The molecule has 2 rings (SSSR count). The molecule has 0 saturated heterocycles. The van der Waals surface area contributed by atoms with Gasteiger partial charge >= 0.3 is 0 Å². The molecule has 1 atom stereocenters. The average molecular weight is 371 g/mol. The van der Waals surface area contributed by atoms with Gasteiger partial charge in [0.15, 0.2) is 18.1 Å². The summed E-state index contributed by atoms with van der Waals surface area (Å²) in [6.45, 7) is 1.83. The molecule has 0 aliphatic carbocycles. The Morgan fingerprint density at radius 2 is 2.12 bits per heavy atom. The quantitative estimate of drug-likeness (QED) is 0.743. The Morgan fingerprint density at radius 3 is 2.81 bits per heavy atom. The van der Waals surface area contributed by atoms with E-state index in [-0.39, 0.29) is 18.6 Å². The topological polar surface area (TPSA) is 71.3 Å². The summed E-state index contributed by atoms with van der Waals surface area (Å²) >= 11 is 5.97. The summed E-state index contributed by atoms with van der Waals surface area (Å²) in [6.07, 6.45) is 3.13. The predicted molar refractivity (Wildman–Crippen MR) is 101 cm³/mol. The highest BCUT2D eigenvalue weighted by Crippen LogP contribution is 2.28. The Morgan fingerprint density at radius 1 is 1.31 bits per heavy atom. The third-order valence-corrected chi connectivity index (χ3v) is 3.85. The van der Waals surface area contributed by atoms with Crippen molar-refractivity contribution in [1.82, 2.24) is 5.32 Å². The first-order valence-corrected chi connectivity index (χ1v) is 8.33. The molecule has 0 spiro atoms. The number of nitriles is 1. The fourth-order valence-electron chi connectivity index (χ4n) is 2.31. The number of nitrogens with zero attached hydrogens (tertiary/aromatic N) is 1. The van der Waals surface area contributed by atoms with Crippen LogP contribution in [0, 0.1) is 11.3 Å². The summed E-state index contributed by atoms with van der Waals surface area (Å²) in [7, 11) is 1.52. The summed E-state index contributed by atoms with van der Waals surface area (Å²) in [5.74, 6) is 0.751. The second-order valence-corrected chi connectivity index (χ2v) is 5.91. The van der Waals surface area contributed by atoms with Crippen molar-refractivity contribution in [3.63, 3.8) is 0 Å². The zero-order valence-electron chi connectivity index (χ0n) is 14.5. The maximum absolute atomic E-state index is 12.1. The molecule has 2 aromatic rings. The maximum Gasteiger partial charge on any atom is 0.244 e. The highest BCUT2D eigenvalue weighted by Gasteiger charge is 2.08. The van der Waals surface area contributed by atoms with Crippen LogP contribution in [0.2, 0.25) is 5.02 Å². The normalized spacial score (nSPS) is 11.6. The summed E-state index contributed by atoms with van der Waals surface area (Å²) in [4.78, 5) is 12.1. The summed E-state index contributed by atoms with van der Waals surface area (Å²) < 4.78 is 10.5. The maximum atomic E-state index is 12.1. The van der Waals surface area contributed by atoms with Gasteiger partial charge in [0.05, 0.1) is 13.2 Å². The van der Waals surface area contributed by atoms with Gasteiger partial charge in [-0.2, -0.15) is 5.26 Å². The number of nitrogens with one attached hydrogen (secondary N) is 1. The van der Waals surface area contributed by atoms with Gasteiger partial charge in [0.25, 0.3) is 0 Å². The first kappa shape index (κ1) is 19.4. The molecule has 2 aromatic carbocycles. The molecule has 1 N–H and O–H groups in total. The molecule has 5 nitrogen and oxygen atoms in total. The third-order valence-electron chi connectivity index (χ3n) is 3.61. The second-order valence-electron chi connectivity index (χ2n) is 5.48. The summed E-state index contributed by atoms with van der Waals surface area (Å²) in [5.41, 5.74) is 1.71. The van der Waals surface area contributed by atoms with E-state index in [1.807, 2.05) is 31.2 Å². The molecule has 0 bridgehead atoms. The molecule has 0 radical (unpaired) electrons. The Balaban J connectivity index is 2.02. The van der Waals surface area contributed by atoms with E-state index < -0.39 is 0 Å². The summed E-state index contributed by atoms with van der Waals surface area (Å²) in [6, 6.07) is 14.3. The zero-order chi connectivity index (χ0) is 18.9. The van der Waals surface area contributed by atoms with Crippen molar-refractivity contribution in [2.45, 2.75) is 13.0 Å². The van der Waals surface area contributed by atoms with Crippen LogP contribution in [-0.4, -0.2) is 19.6 Å². The number of ether oxygens (including phenoxy) is 2. The van der Waals surface area contributed by atoms with Crippen LogP contribution in [0.3, 0.4) is 0 Å². The van der Waals surface area contributed by atoms with Crippen LogP contribution < -0.4 is 14.8 Å². The first-order chi connectivity index (χ1) is 12.5. The monoisotopic (exact) mass is 370 g/mol. The van der Waals surface area contributed by atoms with Crippen molar-refractivity contribution in [1.29, 1.82) is 5.26 Å². The van der Waals surface area contributed by atoms with Gasteiger partial charge in [0, 0.05) is 11.1 Å². The van der Waals surface area contributed by atoms with Gasteiger partial charge in [-0.3, -0.25) is 4.79 Å². The minimum absolute atomic E-state index is 0.0602. The molecule has 1 unspecified atom stereocenters. The molecule has 0 aliphatic heterocycles. The molecule has 0 saturated carbocycles. The second kappa shape index (κ2) is 9.50. The van der Waals surface area contributed by atoms with Crippen LogP contribution in [0.5, 0.6) is 11.5 Å². The SMILES string of the molecule is COc1cc(C=CC(=O)NC(C)c2cccc(Cl)c2)ccc1OCC#N. The highest BCUT2D eigenvalue weighted by atomic mass is 35.5. The number of rotatable bonds is 7. The fourth-order valence-corrected chi connectivity index (χ4v) is 2.51. The van der Waals surface area contributed by atoms with Gasteiger partial charge in [0.1, 0.15) is 6.07 Å². The molecule has 6 heteroatoms. The van der Waals surface area contributed by atoms with Crippen molar-refractivity contribution >= 4 is 23.6 Å².